The second kappa shape index (κ2) is 6.88. The standard InChI is InChI=1S/C5H10O3/c1-7-4-5-8-3-2-6/h1-5H2. The first-order valence-electron chi connectivity index (χ1n) is 2.44. The van der Waals surface area contributed by atoms with Gasteiger partial charge in [0.25, 0.3) is 0 Å². The van der Waals surface area contributed by atoms with Gasteiger partial charge in [-0.3, -0.25) is 0 Å². The largest absolute Gasteiger partial charge is 0.377 e. The normalized spacial score (nSPS) is 9.75. The fraction of sp³-hybridized carbons (Fsp3) is 0.800. The van der Waals surface area contributed by atoms with E-state index in [4.69, 9.17) is 4.74 Å². The molecule has 0 amide bonds. The third-order valence-electron chi connectivity index (χ3n) is 0.600. The Morgan fingerprint density at radius 3 is 2.50 bits per heavy atom. The molecule has 0 aromatic rings. The maximum Gasteiger partial charge on any atom is 0.106 e. The van der Waals surface area contributed by atoms with Crippen molar-refractivity contribution in [2.45, 2.75) is 0 Å². The van der Waals surface area contributed by atoms with Crippen LogP contribution in [0.2, 0.25) is 0 Å². The summed E-state index contributed by atoms with van der Waals surface area (Å²) in [5.74, 6) is 0. The lowest BCUT2D eigenvalue weighted by Crippen LogP contribution is -2.03. The highest BCUT2D eigenvalue weighted by Crippen LogP contribution is 1.74. The molecule has 0 aromatic heterocycles. The third kappa shape index (κ3) is 5.88. The minimum Gasteiger partial charge on any atom is -0.377 e. The van der Waals surface area contributed by atoms with E-state index in [1.807, 2.05) is 0 Å². The van der Waals surface area contributed by atoms with Crippen LogP contribution in [0.15, 0.2) is 0 Å². The average Bonchev–Trinajstić information content (AvgIpc) is 1.81. The molecule has 0 bridgehead atoms. The Morgan fingerprint density at radius 1 is 1.25 bits per heavy atom. The summed E-state index contributed by atoms with van der Waals surface area (Å²) in [5, 5.41) is 9.71. The first-order valence-corrected chi connectivity index (χ1v) is 2.44. The molecule has 0 saturated carbocycles. The van der Waals surface area contributed by atoms with Crippen molar-refractivity contribution in [2.75, 3.05) is 26.4 Å². The van der Waals surface area contributed by atoms with Crippen molar-refractivity contribution in [1.82, 2.24) is 0 Å². The lowest BCUT2D eigenvalue weighted by Gasteiger charge is -1.97. The predicted molar refractivity (Wildman–Crippen MR) is 27.7 cm³/mol. The number of rotatable bonds is 5. The molecule has 0 atom stereocenters. The van der Waals surface area contributed by atoms with Crippen LogP contribution in [-0.4, -0.2) is 26.4 Å². The molecule has 3 heteroatoms. The average molecular weight is 118 g/mol. The summed E-state index contributed by atoms with van der Waals surface area (Å²) in [4.78, 5) is 0. The van der Waals surface area contributed by atoms with Gasteiger partial charge in [-0.2, -0.15) is 0 Å². The van der Waals surface area contributed by atoms with Gasteiger partial charge in [0.1, 0.15) is 6.61 Å². The molecule has 0 aliphatic rings. The van der Waals surface area contributed by atoms with E-state index < -0.39 is 0 Å². The van der Waals surface area contributed by atoms with Crippen LogP contribution in [-0.2, 0) is 14.6 Å². The van der Waals surface area contributed by atoms with Crippen LogP contribution < -0.4 is 0 Å². The van der Waals surface area contributed by atoms with Crippen LogP contribution in [0.4, 0.5) is 0 Å². The van der Waals surface area contributed by atoms with Gasteiger partial charge in [-0.25, -0.2) is 5.11 Å². The number of hydrogen-bond acceptors (Lipinski definition) is 2. The summed E-state index contributed by atoms with van der Waals surface area (Å²) in [6, 6.07) is 0. The van der Waals surface area contributed by atoms with Crippen LogP contribution in [0.3, 0.4) is 0 Å². The second-order valence-corrected chi connectivity index (χ2v) is 1.22. The van der Waals surface area contributed by atoms with Crippen molar-refractivity contribution >= 4 is 0 Å². The molecule has 8 heavy (non-hydrogen) atoms. The van der Waals surface area contributed by atoms with E-state index in [2.05, 4.69) is 11.8 Å². The van der Waals surface area contributed by atoms with Crippen LogP contribution in [0.5, 0.6) is 0 Å². The molecule has 0 fully saturated rings. The summed E-state index contributed by atoms with van der Waals surface area (Å²) in [6.45, 7) is 1.01. The summed E-state index contributed by atoms with van der Waals surface area (Å²) < 4.78 is 9.16. The smallest absolute Gasteiger partial charge is 0.106 e. The second-order valence-electron chi connectivity index (χ2n) is 1.22. The maximum absolute atomic E-state index is 9.71. The lowest BCUT2D eigenvalue weighted by molar-refractivity contribution is 0.0401. The van der Waals surface area contributed by atoms with Crippen molar-refractivity contribution in [3.05, 3.63) is 7.11 Å². The first-order chi connectivity index (χ1) is 3.91. The van der Waals surface area contributed by atoms with E-state index >= 15 is 0 Å². The Bertz CT molecular complexity index is 32.7. The zero-order valence-corrected chi connectivity index (χ0v) is 4.76. The van der Waals surface area contributed by atoms with E-state index in [-0.39, 0.29) is 13.2 Å². The lowest BCUT2D eigenvalue weighted by atomic mass is 10.7. The molecule has 0 rings (SSSR count). The minimum atomic E-state index is -0.183. The summed E-state index contributed by atoms with van der Waals surface area (Å²) in [7, 11) is 3.13. The number of ether oxygens (including phenoxy) is 2. The van der Waals surface area contributed by atoms with Gasteiger partial charge in [-0.05, 0) is 0 Å². The fourth-order valence-corrected chi connectivity index (χ4v) is 0.279. The van der Waals surface area contributed by atoms with Gasteiger partial charge in [0, 0.05) is 0 Å². The molecule has 0 aromatic carbocycles. The monoisotopic (exact) mass is 118 g/mol. The van der Waals surface area contributed by atoms with E-state index in [0.29, 0.717) is 13.2 Å². The first kappa shape index (κ1) is 7.88. The van der Waals surface area contributed by atoms with Gasteiger partial charge < -0.3 is 9.47 Å². The van der Waals surface area contributed by atoms with Crippen LogP contribution in [0.25, 0.3) is 0 Å². The molecule has 0 unspecified atom stereocenters. The maximum atomic E-state index is 9.71. The highest BCUT2D eigenvalue weighted by Gasteiger charge is 1.83. The van der Waals surface area contributed by atoms with Gasteiger partial charge in [0.05, 0.1) is 26.9 Å². The van der Waals surface area contributed by atoms with Crippen molar-refractivity contribution in [3.63, 3.8) is 0 Å². The molecule has 3 nitrogen and oxygen atoms in total. The Balaban J connectivity index is 2.53. The molecule has 48 valence electrons. The van der Waals surface area contributed by atoms with Gasteiger partial charge in [0.15, 0.2) is 0 Å². The van der Waals surface area contributed by atoms with Crippen molar-refractivity contribution in [1.29, 1.82) is 0 Å². The molecule has 0 N–H and O–H groups in total. The topological polar surface area (TPSA) is 38.4 Å². The molecule has 0 heterocycles. The van der Waals surface area contributed by atoms with E-state index in [9.17, 15) is 5.11 Å². The van der Waals surface area contributed by atoms with Crippen LogP contribution in [0, 0.1) is 7.11 Å². The van der Waals surface area contributed by atoms with E-state index in [0.717, 1.165) is 0 Å². The fourth-order valence-electron chi connectivity index (χ4n) is 0.279. The van der Waals surface area contributed by atoms with Crippen LogP contribution in [0.1, 0.15) is 0 Å². The SMILES string of the molecule is [CH2]OCCOCC[O]. The Morgan fingerprint density at radius 2 is 2.00 bits per heavy atom. The molecular formula is C5H10O3. The molecule has 2 radical (unpaired) electrons. The van der Waals surface area contributed by atoms with Crippen molar-refractivity contribution in [3.8, 4) is 0 Å². The highest BCUT2D eigenvalue weighted by molar-refractivity contribution is 4.27. The Labute approximate surface area is 49.2 Å². The van der Waals surface area contributed by atoms with Crippen molar-refractivity contribution < 1.29 is 14.6 Å². The summed E-state index contributed by atoms with van der Waals surface area (Å²) in [5.41, 5.74) is 0. The predicted octanol–water partition coefficient (Wildman–Crippen LogP) is 0.242. The highest BCUT2D eigenvalue weighted by atomic mass is 16.5. The van der Waals surface area contributed by atoms with Gasteiger partial charge >= 0.3 is 0 Å². The zero-order valence-electron chi connectivity index (χ0n) is 4.76. The van der Waals surface area contributed by atoms with E-state index in [1.165, 1.54) is 0 Å². The Hall–Kier alpha value is -0.120. The Kier molecular flexibility index (Phi) is 6.78. The third-order valence-corrected chi connectivity index (χ3v) is 0.600. The van der Waals surface area contributed by atoms with E-state index in [1.54, 1.807) is 0 Å². The molecule has 0 aliphatic heterocycles. The van der Waals surface area contributed by atoms with Gasteiger partial charge in [-0.1, -0.05) is 0 Å². The van der Waals surface area contributed by atoms with Crippen molar-refractivity contribution in [2.24, 2.45) is 0 Å². The molecule has 0 aliphatic carbocycles. The molecular weight excluding hydrogens is 108 g/mol. The molecule has 0 saturated heterocycles. The van der Waals surface area contributed by atoms with Crippen LogP contribution >= 0.6 is 0 Å². The number of hydrogen-bond donors (Lipinski definition) is 0. The minimum absolute atomic E-state index is 0.183. The summed E-state index contributed by atoms with van der Waals surface area (Å²) in [6.07, 6.45) is 0. The van der Waals surface area contributed by atoms with Gasteiger partial charge in [-0.15, -0.1) is 0 Å². The zero-order chi connectivity index (χ0) is 6.24. The molecule has 0 spiro atoms. The van der Waals surface area contributed by atoms with Gasteiger partial charge in [0.2, 0.25) is 0 Å². The quantitative estimate of drug-likeness (QED) is 0.485. The summed E-state index contributed by atoms with van der Waals surface area (Å²) >= 11 is 0.